The first-order valence-corrected chi connectivity index (χ1v) is 9.05. The van der Waals surface area contributed by atoms with E-state index in [1.165, 1.54) is 38.5 Å². The summed E-state index contributed by atoms with van der Waals surface area (Å²) >= 11 is 0. The largest absolute Gasteiger partial charge is 0.314 e. The molecule has 1 atom stereocenters. The van der Waals surface area contributed by atoms with Crippen molar-refractivity contribution < 1.29 is 8.76 Å². The van der Waals surface area contributed by atoms with Crippen molar-refractivity contribution in [1.82, 2.24) is 4.90 Å². The number of nitrogens with zero attached hydrogens (tertiary/aromatic N) is 1. The Hall–Kier alpha value is -0.0600. The SMILES string of the molecule is C=S(=O)(O)CCN(CCC(C)C)C1CCCCC1. The van der Waals surface area contributed by atoms with E-state index in [0.29, 0.717) is 17.7 Å². The Morgan fingerprint density at radius 3 is 2.39 bits per heavy atom. The Kier molecular flexibility index (Phi) is 6.67. The molecule has 0 amide bonds. The topological polar surface area (TPSA) is 40.5 Å². The van der Waals surface area contributed by atoms with Gasteiger partial charge in [0.2, 0.25) is 0 Å². The summed E-state index contributed by atoms with van der Waals surface area (Å²) in [6.45, 7) is 6.24. The molecule has 0 saturated heterocycles. The lowest BCUT2D eigenvalue weighted by Gasteiger charge is -2.34. The van der Waals surface area contributed by atoms with Crippen LogP contribution in [0.15, 0.2) is 0 Å². The van der Waals surface area contributed by atoms with Crippen molar-refractivity contribution in [2.24, 2.45) is 5.92 Å². The van der Waals surface area contributed by atoms with E-state index in [9.17, 15) is 8.76 Å². The third kappa shape index (κ3) is 6.76. The molecule has 0 aromatic carbocycles. The molecule has 1 N–H and O–H groups in total. The molecule has 108 valence electrons. The molecule has 0 aliphatic heterocycles. The van der Waals surface area contributed by atoms with Crippen molar-refractivity contribution in [2.45, 2.75) is 58.4 Å². The van der Waals surface area contributed by atoms with Crippen LogP contribution in [-0.4, -0.2) is 44.4 Å². The van der Waals surface area contributed by atoms with Gasteiger partial charge in [0, 0.05) is 12.6 Å². The van der Waals surface area contributed by atoms with Crippen molar-refractivity contribution in [3.05, 3.63) is 0 Å². The lowest BCUT2D eigenvalue weighted by Crippen LogP contribution is -2.40. The molecular formula is C14H29NO2S. The third-order valence-electron chi connectivity index (χ3n) is 3.78. The average molecular weight is 275 g/mol. The van der Waals surface area contributed by atoms with Crippen LogP contribution in [-0.2, 0) is 9.80 Å². The number of rotatable bonds is 7. The maximum atomic E-state index is 11.3. The molecule has 0 aromatic heterocycles. The van der Waals surface area contributed by atoms with E-state index in [1.807, 2.05) is 0 Å². The molecule has 0 radical (unpaired) electrons. The quantitative estimate of drug-likeness (QED) is 0.726. The van der Waals surface area contributed by atoms with Gasteiger partial charge in [-0.2, -0.15) is 0 Å². The standard InChI is InChI=1S/C14H29NO2S/c1-13(2)9-10-15(11-12-18(3,16)17)14-7-5-4-6-8-14/h13-14H,3-12H2,1-2H3,(H,16,17). The summed E-state index contributed by atoms with van der Waals surface area (Å²) in [5.74, 6) is 4.34. The van der Waals surface area contributed by atoms with E-state index < -0.39 is 9.80 Å². The molecule has 1 aliphatic carbocycles. The highest BCUT2D eigenvalue weighted by Crippen LogP contribution is 2.23. The normalized spacial score (nSPS) is 21.4. The van der Waals surface area contributed by atoms with Crippen LogP contribution in [0.2, 0.25) is 0 Å². The monoisotopic (exact) mass is 275 g/mol. The first-order valence-electron chi connectivity index (χ1n) is 7.20. The molecule has 1 unspecified atom stereocenters. The molecule has 4 heteroatoms. The fourth-order valence-electron chi connectivity index (χ4n) is 2.61. The Morgan fingerprint density at radius 1 is 1.28 bits per heavy atom. The first kappa shape index (κ1) is 16.0. The van der Waals surface area contributed by atoms with Crippen LogP contribution in [0, 0.1) is 5.92 Å². The summed E-state index contributed by atoms with van der Waals surface area (Å²) in [6.07, 6.45) is 7.63. The minimum atomic E-state index is -2.84. The molecule has 1 fully saturated rings. The Labute approximate surface area is 113 Å². The maximum Gasteiger partial charge on any atom is 0.0758 e. The molecule has 1 saturated carbocycles. The van der Waals surface area contributed by atoms with Gasteiger partial charge in [-0.15, -0.1) is 0 Å². The minimum absolute atomic E-state index is 0.307. The van der Waals surface area contributed by atoms with Gasteiger partial charge in [0.15, 0.2) is 0 Å². The third-order valence-corrected chi connectivity index (χ3v) is 4.60. The van der Waals surface area contributed by atoms with Crippen molar-refractivity contribution >= 4 is 15.7 Å². The van der Waals surface area contributed by atoms with Crippen molar-refractivity contribution in [2.75, 3.05) is 18.8 Å². The van der Waals surface area contributed by atoms with Crippen LogP contribution in [0.4, 0.5) is 0 Å². The molecule has 1 rings (SSSR count). The highest BCUT2D eigenvalue weighted by Gasteiger charge is 2.21. The van der Waals surface area contributed by atoms with Crippen LogP contribution < -0.4 is 0 Å². The second kappa shape index (κ2) is 7.51. The van der Waals surface area contributed by atoms with E-state index in [2.05, 4.69) is 24.6 Å². The summed E-state index contributed by atoms with van der Waals surface area (Å²) in [5.41, 5.74) is 0. The number of hydrogen-bond acceptors (Lipinski definition) is 2. The first-order chi connectivity index (χ1) is 8.38. The van der Waals surface area contributed by atoms with Gasteiger partial charge in [0.05, 0.1) is 15.6 Å². The summed E-state index contributed by atoms with van der Waals surface area (Å²) in [4.78, 5) is 2.43. The highest BCUT2D eigenvalue weighted by molar-refractivity contribution is 7.95. The van der Waals surface area contributed by atoms with Crippen molar-refractivity contribution in [3.8, 4) is 0 Å². The smallest absolute Gasteiger partial charge is 0.0758 e. The second-order valence-corrected chi connectivity index (χ2v) is 7.94. The van der Waals surface area contributed by atoms with Gasteiger partial charge in [0.25, 0.3) is 0 Å². The van der Waals surface area contributed by atoms with Gasteiger partial charge in [-0.3, -0.25) is 4.90 Å². The second-order valence-electron chi connectivity index (χ2n) is 5.99. The molecule has 0 spiro atoms. The lowest BCUT2D eigenvalue weighted by atomic mass is 9.94. The maximum absolute atomic E-state index is 11.3. The molecule has 0 heterocycles. The zero-order valence-corrected chi connectivity index (χ0v) is 12.8. The molecule has 0 bridgehead atoms. The van der Waals surface area contributed by atoms with Gasteiger partial charge in [-0.1, -0.05) is 33.1 Å². The van der Waals surface area contributed by atoms with Gasteiger partial charge >= 0.3 is 0 Å². The molecular weight excluding hydrogens is 246 g/mol. The van der Waals surface area contributed by atoms with Crippen LogP contribution in [0.3, 0.4) is 0 Å². The van der Waals surface area contributed by atoms with E-state index in [0.717, 1.165) is 13.1 Å². The highest BCUT2D eigenvalue weighted by atomic mass is 32.2. The fraction of sp³-hybridized carbons (Fsp3) is 0.929. The van der Waals surface area contributed by atoms with Crippen LogP contribution in [0.5, 0.6) is 0 Å². The fourth-order valence-corrected chi connectivity index (χ4v) is 3.13. The van der Waals surface area contributed by atoms with Crippen molar-refractivity contribution in [1.29, 1.82) is 0 Å². The van der Waals surface area contributed by atoms with Gasteiger partial charge < -0.3 is 4.55 Å². The molecule has 0 aromatic rings. The molecule has 18 heavy (non-hydrogen) atoms. The van der Waals surface area contributed by atoms with Crippen LogP contribution >= 0.6 is 0 Å². The lowest BCUT2D eigenvalue weighted by molar-refractivity contribution is 0.157. The van der Waals surface area contributed by atoms with E-state index in [-0.39, 0.29) is 0 Å². The summed E-state index contributed by atoms with van der Waals surface area (Å²) in [7, 11) is -2.84. The Balaban J connectivity index is 2.50. The average Bonchev–Trinajstić information content (AvgIpc) is 2.28. The van der Waals surface area contributed by atoms with Crippen LogP contribution in [0.25, 0.3) is 0 Å². The number of hydrogen-bond donors (Lipinski definition) is 1. The zero-order chi connectivity index (χ0) is 13.6. The molecule has 1 aliphatic rings. The van der Waals surface area contributed by atoms with E-state index in [4.69, 9.17) is 0 Å². The predicted molar refractivity (Wildman–Crippen MR) is 80.7 cm³/mol. The summed E-state index contributed by atoms with van der Waals surface area (Å²) in [5, 5.41) is 0. The summed E-state index contributed by atoms with van der Waals surface area (Å²) in [6, 6.07) is 0.624. The molecule has 3 nitrogen and oxygen atoms in total. The van der Waals surface area contributed by atoms with E-state index in [1.54, 1.807) is 0 Å². The Morgan fingerprint density at radius 2 is 1.89 bits per heavy atom. The summed E-state index contributed by atoms with van der Waals surface area (Å²) < 4.78 is 20.7. The predicted octanol–water partition coefficient (Wildman–Crippen LogP) is 2.86. The Bertz CT molecular complexity index is 319. The van der Waals surface area contributed by atoms with Gasteiger partial charge in [-0.25, -0.2) is 4.21 Å². The minimum Gasteiger partial charge on any atom is -0.314 e. The van der Waals surface area contributed by atoms with Crippen LogP contribution in [0.1, 0.15) is 52.4 Å². The van der Waals surface area contributed by atoms with Crippen molar-refractivity contribution in [3.63, 3.8) is 0 Å². The van der Waals surface area contributed by atoms with Gasteiger partial charge in [-0.05, 0) is 37.6 Å². The van der Waals surface area contributed by atoms with E-state index >= 15 is 0 Å². The van der Waals surface area contributed by atoms with Gasteiger partial charge in [0.1, 0.15) is 0 Å². The zero-order valence-electron chi connectivity index (χ0n) is 11.9.